The van der Waals surface area contributed by atoms with Crippen molar-refractivity contribution in [3.63, 3.8) is 0 Å². The van der Waals surface area contributed by atoms with Crippen LogP contribution in [0.3, 0.4) is 0 Å². The van der Waals surface area contributed by atoms with Gasteiger partial charge in [0, 0.05) is 18.3 Å². The Morgan fingerprint density at radius 3 is 2.29 bits per heavy atom. The SMILES string of the molecule is COc1ccc(CNc2ccc(-c3ccccc3)cn2)cc1OC. The number of ether oxygens (including phenoxy) is 2. The minimum atomic E-state index is 0.665. The van der Waals surface area contributed by atoms with Gasteiger partial charge >= 0.3 is 0 Å². The number of benzene rings is 2. The standard InChI is InChI=1S/C20H20N2O2/c1-23-18-10-8-15(12-19(18)24-2)13-21-20-11-9-17(14-22-20)16-6-4-3-5-7-16/h3-12,14H,13H2,1-2H3,(H,21,22). The lowest BCUT2D eigenvalue weighted by Crippen LogP contribution is -2.02. The van der Waals surface area contributed by atoms with E-state index in [2.05, 4.69) is 28.5 Å². The third-order valence-electron chi connectivity index (χ3n) is 3.79. The fourth-order valence-corrected chi connectivity index (χ4v) is 2.48. The average molecular weight is 320 g/mol. The molecule has 1 heterocycles. The van der Waals surface area contributed by atoms with E-state index < -0.39 is 0 Å². The summed E-state index contributed by atoms with van der Waals surface area (Å²) in [5, 5.41) is 3.32. The lowest BCUT2D eigenvalue weighted by molar-refractivity contribution is 0.354. The summed E-state index contributed by atoms with van der Waals surface area (Å²) in [5.74, 6) is 2.29. The van der Waals surface area contributed by atoms with Gasteiger partial charge in [-0.15, -0.1) is 0 Å². The molecule has 3 rings (SSSR count). The van der Waals surface area contributed by atoms with Gasteiger partial charge in [0.15, 0.2) is 11.5 Å². The first kappa shape index (κ1) is 15.9. The van der Waals surface area contributed by atoms with Gasteiger partial charge in [-0.2, -0.15) is 0 Å². The van der Waals surface area contributed by atoms with E-state index in [-0.39, 0.29) is 0 Å². The van der Waals surface area contributed by atoms with Crippen molar-refractivity contribution < 1.29 is 9.47 Å². The van der Waals surface area contributed by atoms with Gasteiger partial charge in [0.2, 0.25) is 0 Å². The summed E-state index contributed by atoms with van der Waals surface area (Å²) < 4.78 is 10.6. The van der Waals surface area contributed by atoms with Gasteiger partial charge in [0.05, 0.1) is 14.2 Å². The predicted octanol–water partition coefficient (Wildman–Crippen LogP) is 4.38. The molecule has 0 aliphatic carbocycles. The molecule has 4 heteroatoms. The first-order chi connectivity index (χ1) is 11.8. The van der Waals surface area contributed by atoms with Crippen molar-refractivity contribution in [1.29, 1.82) is 0 Å². The minimum absolute atomic E-state index is 0.665. The highest BCUT2D eigenvalue weighted by Crippen LogP contribution is 2.27. The number of pyridine rings is 1. The van der Waals surface area contributed by atoms with E-state index in [0.717, 1.165) is 34.0 Å². The van der Waals surface area contributed by atoms with Crippen LogP contribution in [0.1, 0.15) is 5.56 Å². The molecule has 0 radical (unpaired) electrons. The largest absolute Gasteiger partial charge is 0.493 e. The molecular weight excluding hydrogens is 300 g/mol. The molecular formula is C20H20N2O2. The smallest absolute Gasteiger partial charge is 0.161 e. The van der Waals surface area contributed by atoms with Crippen LogP contribution in [0.15, 0.2) is 66.9 Å². The highest BCUT2D eigenvalue weighted by molar-refractivity contribution is 5.63. The van der Waals surface area contributed by atoms with E-state index >= 15 is 0 Å². The number of rotatable bonds is 6. The zero-order chi connectivity index (χ0) is 16.8. The Kier molecular flexibility index (Phi) is 4.96. The highest BCUT2D eigenvalue weighted by atomic mass is 16.5. The summed E-state index contributed by atoms with van der Waals surface area (Å²) in [4.78, 5) is 4.48. The summed E-state index contributed by atoms with van der Waals surface area (Å²) in [5.41, 5.74) is 3.37. The first-order valence-corrected chi connectivity index (χ1v) is 7.76. The quantitative estimate of drug-likeness (QED) is 0.732. The zero-order valence-corrected chi connectivity index (χ0v) is 13.8. The molecule has 0 amide bonds. The number of hydrogen-bond acceptors (Lipinski definition) is 4. The summed E-state index contributed by atoms with van der Waals surface area (Å²) in [6.45, 7) is 0.665. The van der Waals surface area contributed by atoms with Crippen LogP contribution in [0.5, 0.6) is 11.5 Å². The fraction of sp³-hybridized carbons (Fsp3) is 0.150. The van der Waals surface area contributed by atoms with Gasteiger partial charge in [0.25, 0.3) is 0 Å². The average Bonchev–Trinajstić information content (AvgIpc) is 2.67. The summed E-state index contributed by atoms with van der Waals surface area (Å²) in [6.07, 6.45) is 1.88. The van der Waals surface area contributed by atoms with Crippen molar-refractivity contribution in [3.05, 3.63) is 72.4 Å². The Hall–Kier alpha value is -3.01. The third-order valence-corrected chi connectivity index (χ3v) is 3.79. The van der Waals surface area contributed by atoms with Crippen LogP contribution in [0, 0.1) is 0 Å². The third kappa shape index (κ3) is 3.66. The van der Waals surface area contributed by atoms with Gasteiger partial charge in [-0.25, -0.2) is 4.98 Å². The van der Waals surface area contributed by atoms with E-state index in [9.17, 15) is 0 Å². The molecule has 0 unspecified atom stereocenters. The van der Waals surface area contributed by atoms with Gasteiger partial charge < -0.3 is 14.8 Å². The molecule has 122 valence electrons. The van der Waals surface area contributed by atoms with Crippen molar-refractivity contribution in [2.45, 2.75) is 6.54 Å². The van der Waals surface area contributed by atoms with Crippen molar-refractivity contribution in [1.82, 2.24) is 4.98 Å². The van der Waals surface area contributed by atoms with Crippen LogP contribution >= 0.6 is 0 Å². The molecule has 4 nitrogen and oxygen atoms in total. The second-order valence-corrected chi connectivity index (χ2v) is 5.34. The molecule has 0 fully saturated rings. The van der Waals surface area contributed by atoms with E-state index in [4.69, 9.17) is 9.47 Å². The molecule has 1 N–H and O–H groups in total. The van der Waals surface area contributed by atoms with Crippen LogP contribution < -0.4 is 14.8 Å². The Balaban J connectivity index is 1.67. The number of methoxy groups -OCH3 is 2. The Morgan fingerprint density at radius 1 is 0.833 bits per heavy atom. The van der Waals surface area contributed by atoms with Gasteiger partial charge in [0.1, 0.15) is 5.82 Å². The van der Waals surface area contributed by atoms with Crippen LogP contribution in [-0.2, 0) is 6.54 Å². The molecule has 0 saturated carbocycles. The van der Waals surface area contributed by atoms with Crippen LogP contribution in [0.2, 0.25) is 0 Å². The lowest BCUT2D eigenvalue weighted by atomic mass is 10.1. The fourth-order valence-electron chi connectivity index (χ4n) is 2.48. The van der Waals surface area contributed by atoms with E-state index in [1.165, 1.54) is 0 Å². The van der Waals surface area contributed by atoms with E-state index in [0.29, 0.717) is 6.54 Å². The topological polar surface area (TPSA) is 43.4 Å². The molecule has 3 aromatic rings. The number of anilines is 1. The van der Waals surface area contributed by atoms with Crippen molar-refractivity contribution in [3.8, 4) is 22.6 Å². The van der Waals surface area contributed by atoms with Gasteiger partial charge in [-0.05, 0) is 35.4 Å². The van der Waals surface area contributed by atoms with Gasteiger partial charge in [-0.3, -0.25) is 0 Å². The number of nitrogens with zero attached hydrogens (tertiary/aromatic N) is 1. The van der Waals surface area contributed by atoms with Crippen LogP contribution in [0.4, 0.5) is 5.82 Å². The maximum Gasteiger partial charge on any atom is 0.161 e. The van der Waals surface area contributed by atoms with Crippen molar-refractivity contribution in [2.24, 2.45) is 0 Å². The second-order valence-electron chi connectivity index (χ2n) is 5.34. The molecule has 2 aromatic carbocycles. The van der Waals surface area contributed by atoms with E-state index in [1.807, 2.05) is 48.7 Å². The number of hydrogen-bond donors (Lipinski definition) is 1. The lowest BCUT2D eigenvalue weighted by Gasteiger charge is -2.11. The Morgan fingerprint density at radius 2 is 1.62 bits per heavy atom. The monoisotopic (exact) mass is 320 g/mol. The first-order valence-electron chi connectivity index (χ1n) is 7.76. The Labute approximate surface area is 142 Å². The summed E-state index contributed by atoms with van der Waals surface area (Å²) in [6, 6.07) is 20.1. The second kappa shape index (κ2) is 7.51. The van der Waals surface area contributed by atoms with E-state index in [1.54, 1.807) is 14.2 Å². The maximum atomic E-state index is 5.33. The molecule has 0 spiro atoms. The van der Waals surface area contributed by atoms with Crippen LogP contribution in [0.25, 0.3) is 11.1 Å². The van der Waals surface area contributed by atoms with Gasteiger partial charge in [-0.1, -0.05) is 36.4 Å². The summed E-state index contributed by atoms with van der Waals surface area (Å²) >= 11 is 0. The molecule has 24 heavy (non-hydrogen) atoms. The predicted molar refractivity (Wildman–Crippen MR) is 96.5 cm³/mol. The molecule has 0 atom stereocenters. The van der Waals surface area contributed by atoms with Crippen molar-refractivity contribution in [2.75, 3.05) is 19.5 Å². The van der Waals surface area contributed by atoms with Crippen molar-refractivity contribution >= 4 is 5.82 Å². The molecule has 0 aliphatic heterocycles. The summed E-state index contributed by atoms with van der Waals surface area (Å²) in [7, 11) is 3.27. The Bertz CT molecular complexity index is 786. The molecule has 0 aliphatic rings. The molecule has 0 bridgehead atoms. The maximum absolute atomic E-state index is 5.33. The highest BCUT2D eigenvalue weighted by Gasteiger charge is 2.05. The molecule has 1 aromatic heterocycles. The minimum Gasteiger partial charge on any atom is -0.493 e. The van der Waals surface area contributed by atoms with Crippen LogP contribution in [-0.4, -0.2) is 19.2 Å². The zero-order valence-electron chi connectivity index (χ0n) is 13.8. The normalized spacial score (nSPS) is 10.2. The number of nitrogens with one attached hydrogen (secondary N) is 1. The molecule has 0 saturated heterocycles. The number of aromatic nitrogens is 1.